The van der Waals surface area contributed by atoms with Crippen molar-refractivity contribution in [3.8, 4) is 0 Å². The largest absolute Gasteiger partial charge is 0.353 e. The Kier molecular flexibility index (Phi) is 7.43. The van der Waals surface area contributed by atoms with Gasteiger partial charge in [0.1, 0.15) is 5.82 Å². The summed E-state index contributed by atoms with van der Waals surface area (Å²) in [6.07, 6.45) is 8.71. The van der Waals surface area contributed by atoms with Gasteiger partial charge in [0.15, 0.2) is 0 Å². The molecule has 6 nitrogen and oxygen atoms in total. The summed E-state index contributed by atoms with van der Waals surface area (Å²) < 4.78 is 13.1. The number of piperidine rings is 2. The van der Waals surface area contributed by atoms with Crippen molar-refractivity contribution in [2.24, 2.45) is 11.8 Å². The zero-order chi connectivity index (χ0) is 22.5. The lowest BCUT2D eigenvalue weighted by Gasteiger charge is -2.37. The van der Waals surface area contributed by atoms with E-state index in [0.29, 0.717) is 37.6 Å². The van der Waals surface area contributed by atoms with E-state index in [0.717, 1.165) is 51.4 Å². The third-order valence-electron chi connectivity index (χ3n) is 7.28. The van der Waals surface area contributed by atoms with Crippen LogP contribution in [0.5, 0.6) is 0 Å². The molecule has 32 heavy (non-hydrogen) atoms. The van der Waals surface area contributed by atoms with E-state index in [1.54, 1.807) is 4.90 Å². The summed E-state index contributed by atoms with van der Waals surface area (Å²) in [6.45, 7) is 2.42. The first-order valence-corrected chi connectivity index (χ1v) is 12.2. The van der Waals surface area contributed by atoms with E-state index in [1.807, 2.05) is 4.90 Å². The zero-order valence-corrected chi connectivity index (χ0v) is 18.7. The van der Waals surface area contributed by atoms with Gasteiger partial charge in [0.2, 0.25) is 11.8 Å². The average Bonchev–Trinajstić information content (AvgIpc) is 2.85. The Hall–Kier alpha value is -2.44. The molecular weight excluding hydrogens is 409 g/mol. The highest BCUT2D eigenvalue weighted by molar-refractivity contribution is 5.94. The quantitative estimate of drug-likeness (QED) is 0.776. The van der Waals surface area contributed by atoms with Gasteiger partial charge in [-0.1, -0.05) is 19.3 Å². The Morgan fingerprint density at radius 2 is 1.44 bits per heavy atom. The van der Waals surface area contributed by atoms with Crippen molar-refractivity contribution in [1.82, 2.24) is 15.1 Å². The molecule has 1 N–H and O–H groups in total. The van der Waals surface area contributed by atoms with Gasteiger partial charge in [0, 0.05) is 43.7 Å². The Labute approximate surface area is 189 Å². The van der Waals surface area contributed by atoms with Crippen LogP contribution in [-0.4, -0.2) is 59.7 Å². The fourth-order valence-electron chi connectivity index (χ4n) is 5.32. The molecule has 3 aliphatic rings. The van der Waals surface area contributed by atoms with E-state index in [2.05, 4.69) is 5.32 Å². The number of benzene rings is 1. The van der Waals surface area contributed by atoms with Crippen LogP contribution in [0.25, 0.3) is 0 Å². The summed E-state index contributed by atoms with van der Waals surface area (Å²) in [4.78, 5) is 42.1. The molecule has 4 rings (SSSR count). The van der Waals surface area contributed by atoms with Gasteiger partial charge in [-0.3, -0.25) is 14.4 Å². The summed E-state index contributed by atoms with van der Waals surface area (Å²) in [5, 5.41) is 3.17. The van der Waals surface area contributed by atoms with Crippen molar-refractivity contribution in [3.05, 3.63) is 35.6 Å². The molecule has 1 atom stereocenters. The lowest BCUT2D eigenvalue weighted by atomic mass is 9.87. The summed E-state index contributed by atoms with van der Waals surface area (Å²) >= 11 is 0. The smallest absolute Gasteiger partial charge is 0.253 e. The van der Waals surface area contributed by atoms with E-state index >= 15 is 0 Å². The average molecular weight is 444 g/mol. The maximum Gasteiger partial charge on any atom is 0.253 e. The number of carbonyl (C=O) groups excluding carboxylic acids is 3. The molecule has 3 fully saturated rings. The molecule has 0 radical (unpaired) electrons. The SMILES string of the molecule is O=C(NC1CCN(C(=O)C2CCCCC2)CC1)C1CCCN(C(=O)c2ccc(F)cc2)C1. The van der Waals surface area contributed by atoms with Crippen LogP contribution in [0.3, 0.4) is 0 Å². The van der Waals surface area contributed by atoms with Gasteiger partial charge in [0.25, 0.3) is 5.91 Å². The molecule has 3 amide bonds. The van der Waals surface area contributed by atoms with Gasteiger partial charge in [-0.15, -0.1) is 0 Å². The fraction of sp³-hybridized carbons (Fsp3) is 0.640. The minimum Gasteiger partial charge on any atom is -0.353 e. The van der Waals surface area contributed by atoms with Gasteiger partial charge in [-0.25, -0.2) is 4.39 Å². The van der Waals surface area contributed by atoms with Crippen LogP contribution >= 0.6 is 0 Å². The molecule has 0 spiro atoms. The number of amides is 3. The number of hydrogen-bond acceptors (Lipinski definition) is 3. The highest BCUT2D eigenvalue weighted by atomic mass is 19.1. The topological polar surface area (TPSA) is 69.7 Å². The van der Waals surface area contributed by atoms with Crippen molar-refractivity contribution >= 4 is 17.7 Å². The second-order valence-corrected chi connectivity index (χ2v) is 9.54. The monoisotopic (exact) mass is 443 g/mol. The normalized spacial score (nSPS) is 23.1. The van der Waals surface area contributed by atoms with Crippen molar-refractivity contribution in [3.63, 3.8) is 0 Å². The fourth-order valence-corrected chi connectivity index (χ4v) is 5.32. The second-order valence-electron chi connectivity index (χ2n) is 9.54. The highest BCUT2D eigenvalue weighted by Crippen LogP contribution is 2.27. The van der Waals surface area contributed by atoms with Gasteiger partial charge in [-0.2, -0.15) is 0 Å². The highest BCUT2D eigenvalue weighted by Gasteiger charge is 2.32. The first-order valence-electron chi connectivity index (χ1n) is 12.2. The van der Waals surface area contributed by atoms with Crippen LogP contribution in [-0.2, 0) is 9.59 Å². The van der Waals surface area contributed by atoms with Crippen LogP contribution < -0.4 is 5.32 Å². The first-order chi connectivity index (χ1) is 15.5. The number of hydrogen-bond donors (Lipinski definition) is 1. The summed E-state index contributed by atoms with van der Waals surface area (Å²) in [5.41, 5.74) is 0.447. The van der Waals surface area contributed by atoms with Crippen LogP contribution in [0.4, 0.5) is 4.39 Å². The molecule has 1 aromatic rings. The zero-order valence-electron chi connectivity index (χ0n) is 18.7. The van der Waals surface area contributed by atoms with Crippen molar-refractivity contribution in [2.75, 3.05) is 26.2 Å². The molecule has 7 heteroatoms. The third-order valence-corrected chi connectivity index (χ3v) is 7.28. The molecular formula is C25H34FN3O3. The Morgan fingerprint density at radius 1 is 0.781 bits per heavy atom. The Bertz CT molecular complexity index is 814. The van der Waals surface area contributed by atoms with Crippen molar-refractivity contribution < 1.29 is 18.8 Å². The van der Waals surface area contributed by atoms with E-state index in [9.17, 15) is 18.8 Å². The molecule has 174 valence electrons. The summed E-state index contributed by atoms with van der Waals surface area (Å²) in [7, 11) is 0. The Morgan fingerprint density at radius 3 is 2.12 bits per heavy atom. The predicted octanol–water partition coefficient (Wildman–Crippen LogP) is 3.37. The molecule has 0 aromatic heterocycles. The van der Waals surface area contributed by atoms with Gasteiger partial charge in [-0.05, 0) is 62.8 Å². The van der Waals surface area contributed by atoms with E-state index in [1.165, 1.54) is 30.7 Å². The predicted molar refractivity (Wildman–Crippen MR) is 119 cm³/mol. The first kappa shape index (κ1) is 22.7. The van der Waals surface area contributed by atoms with Crippen LogP contribution in [0.2, 0.25) is 0 Å². The molecule has 1 saturated carbocycles. The van der Waals surface area contributed by atoms with E-state index < -0.39 is 0 Å². The molecule has 1 aliphatic carbocycles. The number of nitrogens with one attached hydrogen (secondary N) is 1. The van der Waals surface area contributed by atoms with E-state index in [4.69, 9.17) is 0 Å². The molecule has 1 unspecified atom stereocenters. The van der Waals surface area contributed by atoms with Crippen molar-refractivity contribution in [1.29, 1.82) is 0 Å². The molecule has 2 heterocycles. The maximum absolute atomic E-state index is 13.1. The van der Waals surface area contributed by atoms with Gasteiger partial charge < -0.3 is 15.1 Å². The lowest BCUT2D eigenvalue weighted by molar-refractivity contribution is -0.137. The van der Waals surface area contributed by atoms with Crippen molar-refractivity contribution in [2.45, 2.75) is 63.8 Å². The molecule has 1 aromatic carbocycles. The summed E-state index contributed by atoms with van der Waals surface area (Å²) in [6, 6.07) is 5.63. The Balaban J connectivity index is 1.24. The van der Waals surface area contributed by atoms with Gasteiger partial charge in [0.05, 0.1) is 5.92 Å². The number of nitrogens with zero attached hydrogens (tertiary/aromatic N) is 2. The molecule has 0 bridgehead atoms. The minimum atomic E-state index is -0.371. The maximum atomic E-state index is 13.1. The van der Waals surface area contributed by atoms with Crippen LogP contribution in [0.1, 0.15) is 68.1 Å². The number of carbonyl (C=O) groups is 3. The third kappa shape index (κ3) is 5.48. The number of halogens is 1. The number of rotatable bonds is 4. The molecule has 2 saturated heterocycles. The minimum absolute atomic E-state index is 0.00124. The van der Waals surface area contributed by atoms with Gasteiger partial charge >= 0.3 is 0 Å². The molecule has 2 aliphatic heterocycles. The second kappa shape index (κ2) is 10.5. The van der Waals surface area contributed by atoms with Crippen LogP contribution in [0.15, 0.2) is 24.3 Å². The van der Waals surface area contributed by atoms with Crippen LogP contribution in [0, 0.1) is 17.7 Å². The number of likely N-dealkylation sites (tertiary alicyclic amines) is 2. The lowest BCUT2D eigenvalue weighted by Crippen LogP contribution is -2.51. The van der Waals surface area contributed by atoms with E-state index in [-0.39, 0.29) is 35.5 Å². The summed E-state index contributed by atoms with van der Waals surface area (Å²) in [5.74, 6) is -0.256. The standard InChI is InChI=1S/C25H34FN3O3/c26-21-10-8-19(9-11-21)25(32)29-14-4-7-20(17-29)23(30)27-22-12-15-28(16-13-22)24(31)18-5-2-1-3-6-18/h8-11,18,20,22H,1-7,12-17H2,(H,27,30).